The number of nitrogens with zero attached hydrogens (tertiary/aromatic N) is 2. The van der Waals surface area contributed by atoms with Crippen molar-refractivity contribution in [3.05, 3.63) is 53.3 Å². The third kappa shape index (κ3) is 3.57. The lowest BCUT2D eigenvalue weighted by atomic mass is 10.2. The Kier molecular flexibility index (Phi) is 3.90. The van der Waals surface area contributed by atoms with Crippen molar-refractivity contribution in [2.24, 2.45) is 7.05 Å². The quantitative estimate of drug-likeness (QED) is 0.853. The van der Waals surface area contributed by atoms with Crippen molar-refractivity contribution in [3.63, 3.8) is 0 Å². The summed E-state index contributed by atoms with van der Waals surface area (Å²) < 4.78 is 43.8. The average Bonchev–Trinajstić information content (AvgIpc) is 2.72. The number of aromatic nitrogens is 2. The molecule has 0 aliphatic rings. The molecule has 102 valence electrons. The fraction of sp³-hybridized carbons (Fsp3) is 0.308. The number of hydrogen-bond donors (Lipinski definition) is 0. The van der Waals surface area contributed by atoms with E-state index in [9.17, 15) is 13.2 Å². The van der Waals surface area contributed by atoms with Crippen molar-refractivity contribution in [1.29, 1.82) is 0 Å². The third-order valence-corrected chi connectivity index (χ3v) is 2.58. The number of rotatable bonds is 4. The van der Waals surface area contributed by atoms with Crippen LogP contribution < -0.4 is 0 Å². The van der Waals surface area contributed by atoms with Crippen LogP contribution >= 0.6 is 0 Å². The van der Waals surface area contributed by atoms with Crippen LogP contribution in [0, 0.1) is 0 Å². The van der Waals surface area contributed by atoms with E-state index in [0.29, 0.717) is 6.61 Å². The van der Waals surface area contributed by atoms with Gasteiger partial charge in [-0.1, -0.05) is 30.3 Å². The van der Waals surface area contributed by atoms with Crippen molar-refractivity contribution in [2.45, 2.75) is 19.4 Å². The molecule has 0 atom stereocenters. The molecule has 6 heteroatoms. The fourth-order valence-electron chi connectivity index (χ4n) is 1.71. The average molecular weight is 270 g/mol. The topological polar surface area (TPSA) is 27.1 Å². The molecule has 0 amide bonds. The summed E-state index contributed by atoms with van der Waals surface area (Å²) in [5.74, 6) is 0. The summed E-state index contributed by atoms with van der Waals surface area (Å²) in [7, 11) is 1.27. The number of aryl methyl sites for hydroxylation is 1. The van der Waals surface area contributed by atoms with Gasteiger partial charge in [0.1, 0.15) is 5.69 Å². The molecule has 19 heavy (non-hydrogen) atoms. The van der Waals surface area contributed by atoms with E-state index in [0.717, 1.165) is 16.3 Å². The first-order valence-electron chi connectivity index (χ1n) is 5.68. The summed E-state index contributed by atoms with van der Waals surface area (Å²) in [5.41, 5.74) is 0.464. The Bertz CT molecular complexity index is 535. The van der Waals surface area contributed by atoms with Gasteiger partial charge in [0.15, 0.2) is 0 Å². The van der Waals surface area contributed by atoms with Crippen molar-refractivity contribution in [1.82, 2.24) is 9.78 Å². The van der Waals surface area contributed by atoms with Gasteiger partial charge >= 0.3 is 6.18 Å². The summed E-state index contributed by atoms with van der Waals surface area (Å²) in [5, 5.41) is 3.78. The van der Waals surface area contributed by atoms with E-state index >= 15 is 0 Å². The molecule has 0 aliphatic carbocycles. The van der Waals surface area contributed by atoms with Gasteiger partial charge in [-0.2, -0.15) is 18.3 Å². The first-order valence-corrected chi connectivity index (χ1v) is 5.68. The largest absolute Gasteiger partial charge is 0.433 e. The maximum absolute atomic E-state index is 12.5. The number of benzene rings is 1. The molecule has 1 aromatic carbocycles. The van der Waals surface area contributed by atoms with E-state index in [1.807, 2.05) is 30.3 Å². The molecule has 2 aromatic rings. The molecule has 0 fully saturated rings. The summed E-state index contributed by atoms with van der Waals surface area (Å²) in [4.78, 5) is 0. The summed E-state index contributed by atoms with van der Waals surface area (Å²) >= 11 is 0. The van der Waals surface area contributed by atoms with E-state index < -0.39 is 11.9 Å². The van der Waals surface area contributed by atoms with Gasteiger partial charge in [-0.05, 0) is 11.6 Å². The minimum atomic E-state index is -4.39. The van der Waals surface area contributed by atoms with Crippen LogP contribution in [0.1, 0.15) is 17.0 Å². The molecule has 0 saturated carbocycles. The molecule has 1 heterocycles. The minimum absolute atomic E-state index is 0.0544. The second-order valence-electron chi connectivity index (χ2n) is 4.12. The Morgan fingerprint density at radius 2 is 1.84 bits per heavy atom. The number of ether oxygens (including phenoxy) is 1. The zero-order valence-electron chi connectivity index (χ0n) is 10.3. The second-order valence-corrected chi connectivity index (χ2v) is 4.12. The molecule has 0 aliphatic heterocycles. The van der Waals surface area contributed by atoms with Crippen LogP contribution in [-0.4, -0.2) is 9.78 Å². The Hall–Kier alpha value is -1.82. The number of alkyl halides is 3. The Morgan fingerprint density at radius 3 is 2.42 bits per heavy atom. The number of halogens is 3. The van der Waals surface area contributed by atoms with Crippen molar-refractivity contribution >= 4 is 0 Å². The van der Waals surface area contributed by atoms with Crippen LogP contribution in [0.15, 0.2) is 36.4 Å². The predicted octanol–water partition coefficient (Wildman–Crippen LogP) is 3.16. The van der Waals surface area contributed by atoms with Gasteiger partial charge in [0.25, 0.3) is 0 Å². The van der Waals surface area contributed by atoms with Gasteiger partial charge in [-0.25, -0.2) is 0 Å². The molecule has 2 rings (SSSR count). The van der Waals surface area contributed by atoms with Crippen molar-refractivity contribution < 1.29 is 17.9 Å². The Balaban J connectivity index is 1.94. The normalized spacial score (nSPS) is 11.8. The van der Waals surface area contributed by atoms with Crippen LogP contribution in [-0.2, 0) is 31.2 Å². The number of hydrogen-bond acceptors (Lipinski definition) is 2. The Morgan fingerprint density at radius 1 is 1.16 bits per heavy atom. The third-order valence-electron chi connectivity index (χ3n) is 2.58. The second kappa shape index (κ2) is 5.44. The lowest BCUT2D eigenvalue weighted by Crippen LogP contribution is -2.11. The maximum atomic E-state index is 12.5. The van der Waals surface area contributed by atoms with Crippen LogP contribution in [0.2, 0.25) is 0 Å². The lowest BCUT2D eigenvalue weighted by Gasteiger charge is -2.04. The summed E-state index contributed by atoms with van der Waals surface area (Å²) in [6.45, 7) is 0.400. The molecular weight excluding hydrogens is 257 g/mol. The molecular formula is C13H13F3N2O. The maximum Gasteiger partial charge on any atom is 0.433 e. The predicted molar refractivity (Wildman–Crippen MR) is 63.1 cm³/mol. The van der Waals surface area contributed by atoms with Gasteiger partial charge in [-0.15, -0.1) is 0 Å². The molecule has 0 radical (unpaired) electrons. The SMILES string of the molecule is Cn1nc(COCc2ccccc2)cc1C(F)(F)F. The Labute approximate surface area is 108 Å². The molecule has 0 unspecified atom stereocenters. The van der Waals surface area contributed by atoms with E-state index in [1.54, 1.807) is 0 Å². The van der Waals surface area contributed by atoms with Crippen molar-refractivity contribution in [3.8, 4) is 0 Å². The molecule has 1 aromatic heterocycles. The van der Waals surface area contributed by atoms with Gasteiger partial charge in [-0.3, -0.25) is 4.68 Å². The minimum Gasteiger partial charge on any atom is -0.370 e. The zero-order valence-corrected chi connectivity index (χ0v) is 10.3. The van der Waals surface area contributed by atoms with E-state index in [4.69, 9.17) is 4.74 Å². The lowest BCUT2D eigenvalue weighted by molar-refractivity contribution is -0.143. The smallest absolute Gasteiger partial charge is 0.370 e. The van der Waals surface area contributed by atoms with Crippen molar-refractivity contribution in [2.75, 3.05) is 0 Å². The molecule has 0 N–H and O–H groups in total. The first-order chi connectivity index (χ1) is 8.97. The van der Waals surface area contributed by atoms with Crippen LogP contribution in [0.3, 0.4) is 0 Å². The van der Waals surface area contributed by atoms with Gasteiger partial charge in [0.2, 0.25) is 0 Å². The van der Waals surface area contributed by atoms with E-state index in [-0.39, 0.29) is 12.3 Å². The monoisotopic (exact) mass is 270 g/mol. The highest BCUT2D eigenvalue weighted by Crippen LogP contribution is 2.29. The highest BCUT2D eigenvalue weighted by atomic mass is 19.4. The zero-order chi connectivity index (χ0) is 13.9. The van der Waals surface area contributed by atoms with Crippen LogP contribution in [0.25, 0.3) is 0 Å². The van der Waals surface area contributed by atoms with Gasteiger partial charge < -0.3 is 4.74 Å². The summed E-state index contributed by atoms with van der Waals surface area (Å²) in [6.07, 6.45) is -4.39. The van der Waals surface area contributed by atoms with Crippen LogP contribution in [0.5, 0.6) is 0 Å². The molecule has 0 bridgehead atoms. The molecule has 3 nitrogen and oxygen atoms in total. The molecule has 0 spiro atoms. The summed E-state index contributed by atoms with van der Waals surface area (Å²) in [6, 6.07) is 10.4. The molecule has 0 saturated heterocycles. The highest BCUT2D eigenvalue weighted by Gasteiger charge is 2.34. The van der Waals surface area contributed by atoms with E-state index in [2.05, 4.69) is 5.10 Å². The fourth-order valence-corrected chi connectivity index (χ4v) is 1.71. The first kappa shape index (κ1) is 13.6. The van der Waals surface area contributed by atoms with Crippen LogP contribution in [0.4, 0.5) is 13.2 Å². The van der Waals surface area contributed by atoms with E-state index in [1.165, 1.54) is 7.05 Å². The highest BCUT2D eigenvalue weighted by molar-refractivity contribution is 5.14. The van der Waals surface area contributed by atoms with Gasteiger partial charge in [0.05, 0.1) is 18.9 Å². The standard InChI is InChI=1S/C13H13F3N2O/c1-18-12(13(14,15)16)7-11(17-18)9-19-8-10-5-3-2-4-6-10/h2-7H,8-9H2,1H3. The van der Waals surface area contributed by atoms with Gasteiger partial charge in [0, 0.05) is 7.05 Å².